The first kappa shape index (κ1) is 6.77. The Balaban J connectivity index is 2.94. The van der Waals surface area contributed by atoms with Crippen molar-refractivity contribution in [2.24, 2.45) is 0 Å². The van der Waals surface area contributed by atoms with Crippen molar-refractivity contribution in [3.8, 4) is 0 Å². The van der Waals surface area contributed by atoms with Gasteiger partial charge in [0.2, 0.25) is 0 Å². The second-order valence-electron chi connectivity index (χ2n) is 2.34. The maximum absolute atomic E-state index is 2.26. The molecule has 1 heteroatoms. The van der Waals surface area contributed by atoms with Crippen molar-refractivity contribution in [1.82, 2.24) is 0 Å². The summed E-state index contributed by atoms with van der Waals surface area (Å²) in [6.07, 6.45) is 1.28. The molecule has 0 amide bonds. The topological polar surface area (TPSA) is 0 Å². The molecule has 0 atom stereocenters. The molecule has 0 bridgehead atoms. The van der Waals surface area contributed by atoms with Gasteiger partial charge in [-0.25, -0.2) is 0 Å². The molecule has 0 aliphatic carbocycles. The molecule has 50 valence electrons. The predicted octanol–water partition coefficient (Wildman–Crippen LogP) is 1.83. The molecule has 1 aromatic rings. The van der Waals surface area contributed by atoms with E-state index in [2.05, 4.69) is 31.2 Å². The summed E-state index contributed by atoms with van der Waals surface area (Å²) in [5.74, 6) is 0. The number of hydrogen-bond donors (Lipinski definition) is 0. The Morgan fingerprint density at radius 1 is 1.44 bits per heavy atom. The van der Waals surface area contributed by atoms with Gasteiger partial charge in [0.05, 0.1) is 0 Å². The first-order valence-electron chi connectivity index (χ1n) is 3.38. The van der Waals surface area contributed by atoms with Crippen LogP contribution in [-0.4, -0.2) is 0 Å². The molecule has 1 rings (SSSR count). The third-order valence-electron chi connectivity index (χ3n) is 1.49. The van der Waals surface area contributed by atoms with Crippen LogP contribution in [0.1, 0.15) is 11.1 Å². The van der Waals surface area contributed by atoms with Crippen LogP contribution >= 0.6 is 9.24 Å². The first-order chi connectivity index (χ1) is 4.33. The Labute approximate surface area is 58.5 Å². The van der Waals surface area contributed by atoms with Crippen molar-refractivity contribution >= 4 is 9.24 Å². The Morgan fingerprint density at radius 2 is 2.22 bits per heavy atom. The van der Waals surface area contributed by atoms with Gasteiger partial charge in [-0.05, 0) is 0 Å². The third kappa shape index (κ3) is 1.80. The van der Waals surface area contributed by atoms with Gasteiger partial charge in [-0.3, -0.25) is 0 Å². The van der Waals surface area contributed by atoms with E-state index in [-0.39, 0.29) is 0 Å². The molecule has 0 spiro atoms. The molecular weight excluding hydrogens is 127 g/mol. The zero-order valence-electron chi connectivity index (χ0n) is 6.02. The molecule has 0 radical (unpaired) electrons. The van der Waals surface area contributed by atoms with Crippen LogP contribution in [-0.2, 0) is 6.16 Å². The molecule has 1 aromatic carbocycles. The Kier molecular flexibility index (Phi) is 2.24. The van der Waals surface area contributed by atoms with Crippen LogP contribution in [0.25, 0.3) is 0 Å². The van der Waals surface area contributed by atoms with Crippen LogP contribution in [0, 0.1) is 6.92 Å². The van der Waals surface area contributed by atoms with Crippen LogP contribution in [0.2, 0.25) is 0 Å². The molecule has 0 aliphatic heterocycles. The molecule has 0 nitrogen and oxygen atoms in total. The minimum absolute atomic E-state index is 1.27. The monoisotopic (exact) mass is 140 g/mol. The quantitative estimate of drug-likeness (QED) is 0.522. The van der Waals surface area contributed by atoms with E-state index < -0.39 is 0 Å². The Hall–Kier alpha value is -0.350. The van der Waals surface area contributed by atoms with Crippen molar-refractivity contribution in [3.05, 3.63) is 35.4 Å². The Morgan fingerprint density at radius 3 is 2.67 bits per heavy atom. The zero-order valence-corrected chi connectivity index (χ0v) is 8.02. The molecular formula is C8H13P. The maximum atomic E-state index is 2.26. The van der Waals surface area contributed by atoms with E-state index in [1.54, 1.807) is 0 Å². The second-order valence-corrected chi connectivity index (χ2v) is 3.05. The van der Waals surface area contributed by atoms with Crippen LogP contribution < -0.4 is 0 Å². The summed E-state index contributed by atoms with van der Waals surface area (Å²) in [6.45, 7) is 2.14. The summed E-state index contributed by atoms with van der Waals surface area (Å²) >= 11 is 0. The summed E-state index contributed by atoms with van der Waals surface area (Å²) in [4.78, 5) is 0. The van der Waals surface area contributed by atoms with Gasteiger partial charge in [0.25, 0.3) is 0 Å². The van der Waals surface area contributed by atoms with Crippen LogP contribution in [0.3, 0.4) is 0 Å². The van der Waals surface area contributed by atoms with Gasteiger partial charge in [0.15, 0.2) is 0 Å². The summed E-state index contributed by atoms with van der Waals surface area (Å²) in [7, 11) is 1.27. The zero-order chi connectivity index (χ0) is 6.69. The predicted molar refractivity (Wildman–Crippen MR) is 47.4 cm³/mol. The molecule has 0 N–H and O–H groups in total. The van der Waals surface area contributed by atoms with Gasteiger partial charge >= 0.3 is 57.7 Å². The molecule has 0 saturated carbocycles. The fraction of sp³-hybridized carbons (Fsp3) is 0.250. The average Bonchev–Trinajstić information content (AvgIpc) is 1.88. The normalized spacial score (nSPS) is 9.67. The summed E-state index contributed by atoms with van der Waals surface area (Å²) in [5.41, 5.74) is 2.87. The van der Waals surface area contributed by atoms with Gasteiger partial charge in [-0.1, -0.05) is 0 Å². The van der Waals surface area contributed by atoms with E-state index in [9.17, 15) is 0 Å². The molecule has 0 saturated heterocycles. The van der Waals surface area contributed by atoms with E-state index in [0.29, 0.717) is 0 Å². The van der Waals surface area contributed by atoms with E-state index in [0.717, 1.165) is 0 Å². The number of rotatable bonds is 1. The van der Waals surface area contributed by atoms with E-state index in [1.807, 2.05) is 0 Å². The van der Waals surface area contributed by atoms with Gasteiger partial charge in [0.1, 0.15) is 0 Å². The average molecular weight is 140 g/mol. The summed E-state index contributed by atoms with van der Waals surface area (Å²) < 4.78 is 0. The van der Waals surface area contributed by atoms with Crippen molar-refractivity contribution in [2.45, 2.75) is 13.1 Å². The molecule has 0 aromatic heterocycles. The van der Waals surface area contributed by atoms with Crippen LogP contribution in [0.15, 0.2) is 24.3 Å². The summed E-state index contributed by atoms with van der Waals surface area (Å²) in [6, 6.07) is 8.72. The van der Waals surface area contributed by atoms with Gasteiger partial charge in [0, 0.05) is 0 Å². The third-order valence-corrected chi connectivity index (χ3v) is 2.31. The fourth-order valence-corrected chi connectivity index (χ4v) is 1.37. The minimum atomic E-state index is 1.27. The molecule has 0 heterocycles. The number of aryl methyl sites for hydroxylation is 1. The molecule has 0 fully saturated rings. The second kappa shape index (κ2) is 2.98. The van der Waals surface area contributed by atoms with Gasteiger partial charge in [-0.15, -0.1) is 0 Å². The van der Waals surface area contributed by atoms with Crippen LogP contribution in [0.5, 0.6) is 0 Å². The van der Waals surface area contributed by atoms with Gasteiger partial charge < -0.3 is 0 Å². The number of benzene rings is 1. The Bertz CT molecular complexity index is 194. The SMILES string of the molecule is Cc1cccc(C[PH4])c1. The van der Waals surface area contributed by atoms with E-state index >= 15 is 0 Å². The molecule has 9 heavy (non-hydrogen) atoms. The first-order valence-corrected chi connectivity index (χ1v) is 4.80. The fourth-order valence-electron chi connectivity index (χ4n) is 0.932. The summed E-state index contributed by atoms with van der Waals surface area (Å²) in [5, 5.41) is 0. The van der Waals surface area contributed by atoms with E-state index in [4.69, 9.17) is 0 Å². The standard InChI is InChI=1S/C8H13P/c1-7-3-2-4-8(5-7)6-9/h2-5H,6H2,1H3,9H4. The van der Waals surface area contributed by atoms with E-state index in [1.165, 1.54) is 26.5 Å². The van der Waals surface area contributed by atoms with Crippen molar-refractivity contribution < 1.29 is 0 Å². The molecule has 0 unspecified atom stereocenters. The molecule has 0 aliphatic rings. The van der Waals surface area contributed by atoms with Crippen molar-refractivity contribution in [1.29, 1.82) is 0 Å². The van der Waals surface area contributed by atoms with Gasteiger partial charge in [-0.2, -0.15) is 0 Å². The number of hydrogen-bond acceptors (Lipinski definition) is 0. The van der Waals surface area contributed by atoms with Crippen molar-refractivity contribution in [3.63, 3.8) is 0 Å². The van der Waals surface area contributed by atoms with Crippen molar-refractivity contribution in [2.75, 3.05) is 0 Å². The van der Waals surface area contributed by atoms with Crippen LogP contribution in [0.4, 0.5) is 0 Å².